The zero-order valence-electron chi connectivity index (χ0n) is 10.7. The first kappa shape index (κ1) is 15.8. The molecule has 1 saturated heterocycles. The number of carboxylic acids is 1. The van der Waals surface area contributed by atoms with Gasteiger partial charge in [0.2, 0.25) is 10.0 Å². The minimum absolute atomic E-state index is 0.0312. The summed E-state index contributed by atoms with van der Waals surface area (Å²) in [5.74, 6) is -5.50. The van der Waals surface area contributed by atoms with Crippen LogP contribution in [0, 0.1) is 17.5 Å². The number of halogens is 3. The first-order valence-electron chi connectivity index (χ1n) is 6.11. The van der Waals surface area contributed by atoms with Gasteiger partial charge >= 0.3 is 5.97 Å². The van der Waals surface area contributed by atoms with Crippen molar-refractivity contribution in [3.05, 3.63) is 29.6 Å². The third-order valence-corrected chi connectivity index (χ3v) is 5.27. The molecular formula is C12H12F3NO4S. The number of hydrogen-bond donors (Lipinski definition) is 1. The number of nitrogens with zero attached hydrogens (tertiary/aromatic N) is 1. The van der Waals surface area contributed by atoms with Crippen molar-refractivity contribution < 1.29 is 31.5 Å². The third-order valence-electron chi connectivity index (χ3n) is 3.26. The molecule has 0 saturated carbocycles. The molecule has 0 amide bonds. The summed E-state index contributed by atoms with van der Waals surface area (Å²) in [6, 6.07) is -0.312. The van der Waals surface area contributed by atoms with Crippen molar-refractivity contribution in [3.63, 3.8) is 0 Å². The Kier molecular flexibility index (Phi) is 4.24. The maximum Gasteiger partial charge on any atom is 0.304 e. The van der Waals surface area contributed by atoms with Gasteiger partial charge in [-0.25, -0.2) is 21.6 Å². The topological polar surface area (TPSA) is 74.7 Å². The van der Waals surface area contributed by atoms with Gasteiger partial charge in [-0.2, -0.15) is 4.31 Å². The molecule has 1 aliphatic heterocycles. The summed E-state index contributed by atoms with van der Waals surface area (Å²) in [6.07, 6.45) is 0.223. The highest BCUT2D eigenvalue weighted by Gasteiger charge is 2.39. The molecule has 0 radical (unpaired) electrons. The minimum atomic E-state index is -4.56. The number of aliphatic carboxylic acids is 1. The van der Waals surface area contributed by atoms with Crippen LogP contribution in [0.1, 0.15) is 19.3 Å². The van der Waals surface area contributed by atoms with Gasteiger partial charge in [-0.05, 0) is 12.8 Å². The van der Waals surface area contributed by atoms with Gasteiger partial charge in [-0.1, -0.05) is 0 Å². The molecule has 21 heavy (non-hydrogen) atoms. The van der Waals surface area contributed by atoms with Gasteiger partial charge in [-0.15, -0.1) is 0 Å². The second-order valence-electron chi connectivity index (χ2n) is 4.71. The van der Waals surface area contributed by atoms with Crippen LogP contribution in [0.25, 0.3) is 0 Å². The smallest absolute Gasteiger partial charge is 0.304 e. The van der Waals surface area contributed by atoms with Gasteiger partial charge < -0.3 is 5.11 Å². The van der Waals surface area contributed by atoms with Gasteiger partial charge in [-0.3, -0.25) is 4.79 Å². The van der Waals surface area contributed by atoms with Crippen molar-refractivity contribution in [1.29, 1.82) is 0 Å². The van der Waals surface area contributed by atoms with Gasteiger partial charge in [0, 0.05) is 24.7 Å². The Bertz CT molecular complexity index is 654. The fourth-order valence-corrected chi connectivity index (χ4v) is 4.21. The highest BCUT2D eigenvalue weighted by Crippen LogP contribution is 2.30. The van der Waals surface area contributed by atoms with Crippen molar-refractivity contribution in [2.24, 2.45) is 0 Å². The van der Waals surface area contributed by atoms with Crippen LogP contribution in [0.15, 0.2) is 17.0 Å². The zero-order chi connectivity index (χ0) is 15.8. The molecule has 5 nitrogen and oxygen atoms in total. The van der Waals surface area contributed by atoms with E-state index in [0.29, 0.717) is 6.42 Å². The molecule has 116 valence electrons. The van der Waals surface area contributed by atoms with Crippen LogP contribution in [0.3, 0.4) is 0 Å². The predicted octanol–water partition coefficient (Wildman–Crippen LogP) is 1.73. The van der Waals surface area contributed by atoms with Crippen LogP contribution in [0.2, 0.25) is 0 Å². The molecule has 9 heteroatoms. The second-order valence-corrected chi connectivity index (χ2v) is 6.54. The molecule has 0 spiro atoms. The third kappa shape index (κ3) is 3.03. The Morgan fingerprint density at radius 3 is 2.38 bits per heavy atom. The second kappa shape index (κ2) is 5.64. The normalized spacial score (nSPS) is 19.9. The van der Waals surface area contributed by atoms with E-state index >= 15 is 0 Å². The lowest BCUT2D eigenvalue weighted by Gasteiger charge is -2.23. The maximum absolute atomic E-state index is 13.6. The zero-order valence-corrected chi connectivity index (χ0v) is 11.5. The lowest BCUT2D eigenvalue weighted by atomic mass is 10.2. The van der Waals surface area contributed by atoms with E-state index in [1.165, 1.54) is 0 Å². The van der Waals surface area contributed by atoms with Gasteiger partial charge in [0.05, 0.1) is 6.42 Å². The molecule has 1 aromatic rings. The van der Waals surface area contributed by atoms with E-state index < -0.39 is 50.8 Å². The van der Waals surface area contributed by atoms with Gasteiger partial charge in [0.25, 0.3) is 0 Å². The minimum Gasteiger partial charge on any atom is -0.481 e. The number of rotatable bonds is 4. The lowest BCUT2D eigenvalue weighted by molar-refractivity contribution is -0.137. The molecule has 0 aromatic heterocycles. The lowest BCUT2D eigenvalue weighted by Crippen LogP contribution is -2.37. The summed E-state index contributed by atoms with van der Waals surface area (Å²) < 4.78 is 65.5. The highest BCUT2D eigenvalue weighted by atomic mass is 32.2. The van der Waals surface area contributed by atoms with E-state index in [1.54, 1.807) is 0 Å². The van der Waals surface area contributed by atoms with Crippen LogP contribution in [-0.4, -0.2) is 36.4 Å². The van der Waals surface area contributed by atoms with Gasteiger partial charge in [0.15, 0.2) is 4.90 Å². The molecular weight excluding hydrogens is 311 g/mol. The molecule has 1 atom stereocenters. The van der Waals surface area contributed by atoms with Crippen LogP contribution in [0.5, 0.6) is 0 Å². The van der Waals surface area contributed by atoms with Crippen molar-refractivity contribution in [2.45, 2.75) is 30.2 Å². The molecule has 1 heterocycles. The van der Waals surface area contributed by atoms with E-state index in [9.17, 15) is 26.4 Å². The van der Waals surface area contributed by atoms with E-state index in [0.717, 1.165) is 4.31 Å². The Morgan fingerprint density at radius 2 is 1.86 bits per heavy atom. The molecule has 1 N–H and O–H groups in total. The first-order valence-corrected chi connectivity index (χ1v) is 7.55. The SMILES string of the molecule is O=C(O)CC1CCCN1S(=O)(=O)c1c(F)cc(F)cc1F. The van der Waals surface area contributed by atoms with Crippen LogP contribution >= 0.6 is 0 Å². The number of benzene rings is 1. The molecule has 1 fully saturated rings. The Hall–Kier alpha value is -1.61. The molecule has 1 aromatic carbocycles. The Morgan fingerprint density at radius 1 is 1.29 bits per heavy atom. The quantitative estimate of drug-likeness (QED) is 0.916. The molecule has 0 bridgehead atoms. The van der Waals surface area contributed by atoms with Crippen LogP contribution < -0.4 is 0 Å². The predicted molar refractivity (Wildman–Crippen MR) is 65.5 cm³/mol. The average molecular weight is 323 g/mol. The number of hydrogen-bond acceptors (Lipinski definition) is 3. The molecule has 0 aliphatic carbocycles. The number of carboxylic acid groups (broad SMARTS) is 1. The largest absolute Gasteiger partial charge is 0.481 e. The molecule has 1 aliphatic rings. The summed E-state index contributed by atoms with van der Waals surface area (Å²) in [6.45, 7) is -0.0312. The number of carbonyl (C=O) groups is 1. The Balaban J connectivity index is 2.45. The van der Waals surface area contributed by atoms with Gasteiger partial charge in [0.1, 0.15) is 17.5 Å². The van der Waals surface area contributed by atoms with E-state index in [2.05, 4.69) is 0 Å². The monoisotopic (exact) mass is 323 g/mol. The standard InChI is InChI=1S/C12H12F3NO4S/c13-7-4-9(14)12(10(15)5-7)21(19,20)16-3-1-2-8(16)6-11(17)18/h4-5,8H,1-3,6H2,(H,17,18). The Labute approximate surface area is 119 Å². The van der Waals surface area contributed by atoms with Crippen molar-refractivity contribution >= 4 is 16.0 Å². The first-order chi connectivity index (χ1) is 9.73. The summed E-state index contributed by atoms with van der Waals surface area (Å²) in [4.78, 5) is 9.47. The maximum atomic E-state index is 13.6. The van der Waals surface area contributed by atoms with Crippen LogP contribution in [-0.2, 0) is 14.8 Å². The molecule has 1 unspecified atom stereocenters. The summed E-state index contributed by atoms with van der Waals surface area (Å²) in [7, 11) is -4.56. The van der Waals surface area contributed by atoms with Crippen molar-refractivity contribution in [1.82, 2.24) is 4.31 Å². The van der Waals surface area contributed by atoms with E-state index in [-0.39, 0.29) is 25.1 Å². The fourth-order valence-electron chi connectivity index (χ4n) is 2.42. The van der Waals surface area contributed by atoms with Crippen molar-refractivity contribution in [3.8, 4) is 0 Å². The molecule has 2 rings (SSSR count). The van der Waals surface area contributed by atoms with Crippen molar-refractivity contribution in [2.75, 3.05) is 6.54 Å². The average Bonchev–Trinajstić information content (AvgIpc) is 2.74. The summed E-state index contributed by atoms with van der Waals surface area (Å²) in [5, 5.41) is 8.75. The van der Waals surface area contributed by atoms with E-state index in [4.69, 9.17) is 5.11 Å². The van der Waals surface area contributed by atoms with Crippen LogP contribution in [0.4, 0.5) is 13.2 Å². The fraction of sp³-hybridized carbons (Fsp3) is 0.417. The summed E-state index contributed by atoms with van der Waals surface area (Å²) in [5.41, 5.74) is 0. The summed E-state index contributed by atoms with van der Waals surface area (Å²) >= 11 is 0. The number of sulfonamides is 1. The van der Waals surface area contributed by atoms with E-state index in [1.807, 2.05) is 0 Å². The highest BCUT2D eigenvalue weighted by molar-refractivity contribution is 7.89.